The van der Waals surface area contributed by atoms with Crippen LogP contribution < -0.4 is 4.72 Å². The van der Waals surface area contributed by atoms with Crippen molar-refractivity contribution in [2.45, 2.75) is 56.6 Å². The fraction of sp³-hybridized carbons (Fsp3) is 0.769. The topological polar surface area (TPSA) is 84.2 Å². The van der Waals surface area contributed by atoms with Crippen molar-refractivity contribution in [3.63, 3.8) is 0 Å². The van der Waals surface area contributed by atoms with Crippen LogP contribution in [0, 0.1) is 5.92 Å². The summed E-state index contributed by atoms with van der Waals surface area (Å²) in [7, 11) is -3.68. The number of aryl methyl sites for hydroxylation is 1. The first-order chi connectivity index (χ1) is 9.41. The first-order valence-corrected chi connectivity index (χ1v) is 8.56. The molecular weight excluding hydrogens is 278 g/mol. The summed E-state index contributed by atoms with van der Waals surface area (Å²) in [5.74, 6) is 0.582. The van der Waals surface area contributed by atoms with Crippen molar-refractivity contribution < 1.29 is 13.5 Å². The van der Waals surface area contributed by atoms with Crippen molar-refractivity contribution in [3.8, 4) is 0 Å². The molecule has 0 radical (unpaired) electrons. The van der Waals surface area contributed by atoms with Gasteiger partial charge in [0.05, 0.1) is 18.5 Å². The number of nitrogens with zero attached hydrogens (tertiary/aromatic N) is 2. The Bertz CT molecular complexity index is 545. The Morgan fingerprint density at radius 2 is 2.15 bits per heavy atom. The smallest absolute Gasteiger partial charge is 0.260 e. The molecule has 1 aromatic rings. The highest BCUT2D eigenvalue weighted by Crippen LogP contribution is 2.32. The molecule has 2 rings (SSSR count). The van der Waals surface area contributed by atoms with E-state index in [2.05, 4.69) is 16.6 Å². The Kier molecular flexibility index (Phi) is 4.51. The number of nitrogens with one attached hydrogen (secondary N) is 1. The highest BCUT2D eigenvalue weighted by molar-refractivity contribution is 7.89. The average Bonchev–Trinajstić information content (AvgIpc) is 2.91. The molecule has 0 unspecified atom stereocenters. The van der Waals surface area contributed by atoms with Gasteiger partial charge in [-0.2, -0.15) is 0 Å². The lowest BCUT2D eigenvalue weighted by molar-refractivity contribution is 0.125. The minimum absolute atomic E-state index is 0.0193. The van der Waals surface area contributed by atoms with E-state index >= 15 is 0 Å². The zero-order chi connectivity index (χ0) is 14.8. The van der Waals surface area contributed by atoms with Gasteiger partial charge in [-0.3, -0.25) is 0 Å². The molecule has 1 aliphatic rings. The quantitative estimate of drug-likeness (QED) is 0.853. The van der Waals surface area contributed by atoms with Crippen LogP contribution in [0.3, 0.4) is 0 Å². The van der Waals surface area contributed by atoms with Gasteiger partial charge in [0, 0.05) is 12.7 Å². The Morgan fingerprint density at radius 3 is 2.65 bits per heavy atom. The maximum Gasteiger partial charge on any atom is 0.260 e. The van der Waals surface area contributed by atoms with Gasteiger partial charge in [-0.1, -0.05) is 6.92 Å². The summed E-state index contributed by atoms with van der Waals surface area (Å²) >= 11 is 0. The number of imidazole rings is 1. The molecule has 1 saturated carbocycles. The molecule has 0 aliphatic heterocycles. The van der Waals surface area contributed by atoms with Gasteiger partial charge in [0.25, 0.3) is 10.0 Å². The maximum absolute atomic E-state index is 12.4. The second-order valence-electron chi connectivity index (χ2n) is 5.77. The lowest BCUT2D eigenvalue weighted by Crippen LogP contribution is -2.53. The minimum Gasteiger partial charge on any atom is -0.394 e. The van der Waals surface area contributed by atoms with Gasteiger partial charge >= 0.3 is 0 Å². The van der Waals surface area contributed by atoms with E-state index in [1.54, 1.807) is 4.57 Å². The molecule has 114 valence electrons. The van der Waals surface area contributed by atoms with Gasteiger partial charge in [-0.15, -0.1) is 0 Å². The van der Waals surface area contributed by atoms with Crippen LogP contribution in [0.4, 0.5) is 0 Å². The Labute approximate surface area is 120 Å². The fourth-order valence-electron chi connectivity index (χ4n) is 2.60. The molecule has 0 amide bonds. The van der Waals surface area contributed by atoms with E-state index in [1.807, 2.05) is 6.92 Å². The van der Waals surface area contributed by atoms with Gasteiger partial charge < -0.3 is 9.67 Å². The van der Waals surface area contributed by atoms with Crippen LogP contribution in [-0.4, -0.2) is 35.2 Å². The van der Waals surface area contributed by atoms with Gasteiger partial charge in [-0.05, 0) is 38.5 Å². The Hall–Kier alpha value is -0.920. The minimum atomic E-state index is -3.68. The first kappa shape index (κ1) is 15.5. The molecule has 1 aliphatic carbocycles. The number of rotatable bonds is 5. The summed E-state index contributed by atoms with van der Waals surface area (Å²) in [6.07, 6.45) is 6.19. The number of aliphatic hydroxyl groups is 1. The van der Waals surface area contributed by atoms with Crippen molar-refractivity contribution in [2.24, 2.45) is 5.92 Å². The number of aliphatic hydroxyl groups excluding tert-OH is 1. The number of hydrogen-bond acceptors (Lipinski definition) is 4. The van der Waals surface area contributed by atoms with E-state index in [9.17, 15) is 13.5 Å². The van der Waals surface area contributed by atoms with Gasteiger partial charge in [0.2, 0.25) is 0 Å². The fourth-order valence-corrected chi connectivity index (χ4v) is 4.00. The zero-order valence-corrected chi connectivity index (χ0v) is 12.9. The third-order valence-corrected chi connectivity index (χ3v) is 5.60. The van der Waals surface area contributed by atoms with E-state index in [1.165, 1.54) is 12.5 Å². The van der Waals surface area contributed by atoms with Crippen molar-refractivity contribution in [1.29, 1.82) is 0 Å². The molecular formula is C13H23N3O3S. The normalized spacial score (nSPS) is 27.6. The highest BCUT2D eigenvalue weighted by Gasteiger charge is 2.38. The average molecular weight is 301 g/mol. The predicted molar refractivity (Wildman–Crippen MR) is 75.7 cm³/mol. The van der Waals surface area contributed by atoms with Gasteiger partial charge in [-0.25, -0.2) is 18.1 Å². The standard InChI is InChI=1S/C13H23N3O3S/c1-3-16-8-12(14-10-16)20(18,19)15-13(9-17)6-4-11(2)5-7-13/h8,10-11,15,17H,3-7,9H2,1-2H3. The SMILES string of the molecule is CCn1cnc(S(=O)(=O)NC2(CO)CCC(C)CC2)c1. The molecule has 0 bridgehead atoms. The number of hydrogen-bond donors (Lipinski definition) is 2. The third-order valence-electron chi connectivity index (χ3n) is 4.13. The van der Waals surface area contributed by atoms with Crippen LogP contribution in [0.5, 0.6) is 0 Å². The molecule has 1 heterocycles. The second kappa shape index (κ2) is 5.83. The molecule has 0 saturated heterocycles. The molecule has 20 heavy (non-hydrogen) atoms. The zero-order valence-electron chi connectivity index (χ0n) is 12.0. The van der Waals surface area contributed by atoms with Crippen molar-refractivity contribution in [1.82, 2.24) is 14.3 Å². The van der Waals surface area contributed by atoms with Crippen molar-refractivity contribution in [3.05, 3.63) is 12.5 Å². The molecule has 1 aromatic heterocycles. The van der Waals surface area contributed by atoms with Crippen LogP contribution in [0.25, 0.3) is 0 Å². The van der Waals surface area contributed by atoms with Gasteiger partial charge in [0.1, 0.15) is 0 Å². The summed E-state index contributed by atoms with van der Waals surface area (Å²) in [6.45, 7) is 4.57. The molecule has 6 nitrogen and oxygen atoms in total. The Balaban J connectivity index is 2.17. The molecule has 0 atom stereocenters. The lowest BCUT2D eigenvalue weighted by Gasteiger charge is -2.38. The summed E-state index contributed by atoms with van der Waals surface area (Å²) < 4.78 is 29.1. The largest absolute Gasteiger partial charge is 0.394 e. The van der Waals surface area contributed by atoms with E-state index < -0.39 is 15.6 Å². The van der Waals surface area contributed by atoms with Crippen molar-refractivity contribution in [2.75, 3.05) is 6.61 Å². The van der Waals surface area contributed by atoms with Gasteiger partial charge in [0.15, 0.2) is 5.03 Å². The third kappa shape index (κ3) is 3.21. The van der Waals surface area contributed by atoms with Crippen LogP contribution in [0.2, 0.25) is 0 Å². The van der Waals surface area contributed by atoms with Crippen LogP contribution in [-0.2, 0) is 16.6 Å². The van der Waals surface area contributed by atoms with E-state index in [0.29, 0.717) is 25.3 Å². The summed E-state index contributed by atoms with van der Waals surface area (Å²) in [5, 5.41) is 9.66. The first-order valence-electron chi connectivity index (χ1n) is 7.07. The molecule has 0 aromatic carbocycles. The second-order valence-corrected chi connectivity index (χ2v) is 7.40. The number of sulfonamides is 1. The molecule has 2 N–H and O–H groups in total. The maximum atomic E-state index is 12.4. The Morgan fingerprint density at radius 1 is 1.50 bits per heavy atom. The monoisotopic (exact) mass is 301 g/mol. The van der Waals surface area contributed by atoms with Crippen LogP contribution >= 0.6 is 0 Å². The summed E-state index contributed by atoms with van der Waals surface area (Å²) in [5.41, 5.74) is -0.735. The number of aromatic nitrogens is 2. The molecule has 1 fully saturated rings. The lowest BCUT2D eigenvalue weighted by atomic mass is 9.78. The summed E-state index contributed by atoms with van der Waals surface area (Å²) in [6, 6.07) is 0. The molecule has 7 heteroatoms. The van der Waals surface area contributed by atoms with Crippen molar-refractivity contribution >= 4 is 10.0 Å². The van der Waals surface area contributed by atoms with Crippen LogP contribution in [0.15, 0.2) is 17.6 Å². The summed E-state index contributed by atoms with van der Waals surface area (Å²) in [4.78, 5) is 3.94. The van der Waals surface area contributed by atoms with Crippen LogP contribution in [0.1, 0.15) is 39.5 Å². The van der Waals surface area contributed by atoms with E-state index in [4.69, 9.17) is 0 Å². The molecule has 0 spiro atoms. The van der Waals surface area contributed by atoms with E-state index in [0.717, 1.165) is 12.8 Å². The van der Waals surface area contributed by atoms with E-state index in [-0.39, 0.29) is 11.6 Å². The highest BCUT2D eigenvalue weighted by atomic mass is 32.2. The predicted octanol–water partition coefficient (Wildman–Crippen LogP) is 1.12.